The monoisotopic (exact) mass is 444 g/mol. The molecular formula is C20H20N4O4S2. The molecule has 0 spiro atoms. The molecule has 2 aromatic carbocycles. The lowest BCUT2D eigenvalue weighted by molar-refractivity contribution is -0.660. The number of nitrogens with zero attached hydrogens (tertiary/aromatic N) is 3. The van der Waals surface area contributed by atoms with Gasteiger partial charge < -0.3 is 9.54 Å². The van der Waals surface area contributed by atoms with Crippen LogP contribution in [0.5, 0.6) is 0 Å². The third kappa shape index (κ3) is 5.16. The predicted molar refractivity (Wildman–Crippen MR) is 115 cm³/mol. The Morgan fingerprint density at radius 1 is 1.07 bits per heavy atom. The molecule has 4 aromatic rings. The Bertz CT molecular complexity index is 1280. The number of azo groups is 1. The van der Waals surface area contributed by atoms with E-state index < -0.39 is 10.4 Å². The van der Waals surface area contributed by atoms with Crippen LogP contribution in [0.1, 0.15) is 5.69 Å². The van der Waals surface area contributed by atoms with E-state index in [2.05, 4.69) is 56.0 Å². The first-order valence-corrected chi connectivity index (χ1v) is 11.0. The number of thiazole rings is 1. The number of aromatic nitrogens is 2. The quantitative estimate of drug-likeness (QED) is 0.216. The molecule has 0 aliphatic heterocycles. The van der Waals surface area contributed by atoms with Gasteiger partial charge in [-0.05, 0) is 29.4 Å². The number of fused-ring (bicyclic) bond motifs is 1. The lowest BCUT2D eigenvalue weighted by Gasteiger charge is -1.98. The van der Waals surface area contributed by atoms with Crippen molar-refractivity contribution in [2.45, 2.75) is 6.92 Å². The Labute approximate surface area is 178 Å². The molecule has 0 amide bonds. The predicted octanol–water partition coefficient (Wildman–Crippen LogP) is 4.54. The van der Waals surface area contributed by atoms with E-state index in [0.29, 0.717) is 0 Å². The number of benzene rings is 2. The number of rotatable bonds is 4. The summed E-state index contributed by atoms with van der Waals surface area (Å²) in [5.41, 5.74) is 5.22. The van der Waals surface area contributed by atoms with Crippen molar-refractivity contribution in [1.82, 2.24) is 4.98 Å². The van der Waals surface area contributed by atoms with E-state index in [1.54, 1.807) is 11.3 Å². The zero-order valence-corrected chi connectivity index (χ0v) is 18.2. The molecule has 0 saturated carbocycles. The largest absolute Gasteiger partial charge is 0.726 e. The van der Waals surface area contributed by atoms with Gasteiger partial charge in [-0.1, -0.05) is 48.5 Å². The Morgan fingerprint density at radius 3 is 2.30 bits per heavy atom. The third-order valence-electron chi connectivity index (χ3n) is 4.33. The van der Waals surface area contributed by atoms with Gasteiger partial charge in [0.2, 0.25) is 10.4 Å². The van der Waals surface area contributed by atoms with E-state index in [9.17, 15) is 13.0 Å². The summed E-state index contributed by atoms with van der Waals surface area (Å²) >= 11 is 1.60. The molecule has 2 aromatic heterocycles. The number of hydrogen-bond donors (Lipinski definition) is 1. The summed E-state index contributed by atoms with van der Waals surface area (Å²) in [7, 11) is -1.60. The van der Waals surface area contributed by atoms with Crippen LogP contribution >= 0.6 is 11.3 Å². The van der Waals surface area contributed by atoms with E-state index in [1.807, 2.05) is 41.9 Å². The third-order valence-corrected chi connectivity index (χ3v) is 5.77. The normalized spacial score (nSPS) is 11.6. The molecule has 0 unspecified atom stereocenters. The second-order valence-corrected chi connectivity index (χ2v) is 8.24. The molecule has 0 aliphatic rings. The summed E-state index contributed by atoms with van der Waals surface area (Å²) in [5, 5.41) is 13.1. The fourth-order valence-corrected chi connectivity index (χ4v) is 3.50. The summed E-state index contributed by atoms with van der Waals surface area (Å²) in [6, 6.07) is 18.4. The van der Waals surface area contributed by atoms with E-state index in [4.69, 9.17) is 0 Å². The summed E-state index contributed by atoms with van der Waals surface area (Å²) in [6.45, 7) is 2.07. The average molecular weight is 445 g/mol. The van der Waals surface area contributed by atoms with Crippen LogP contribution in [-0.2, 0) is 21.6 Å². The van der Waals surface area contributed by atoms with Gasteiger partial charge in [0.15, 0.2) is 0 Å². The maximum Gasteiger partial charge on any atom is 0.408 e. The van der Waals surface area contributed by atoms with Gasteiger partial charge >= 0.3 is 5.13 Å². The first kappa shape index (κ1) is 21.8. The van der Waals surface area contributed by atoms with Gasteiger partial charge in [0.05, 0.1) is 25.0 Å². The molecule has 0 atom stereocenters. The van der Waals surface area contributed by atoms with Crippen LogP contribution in [0.2, 0.25) is 0 Å². The van der Waals surface area contributed by atoms with Gasteiger partial charge in [0, 0.05) is 21.8 Å². The summed E-state index contributed by atoms with van der Waals surface area (Å²) < 4.78 is 33.1. The van der Waals surface area contributed by atoms with E-state index >= 15 is 0 Å². The highest BCUT2D eigenvalue weighted by Gasteiger charge is 2.17. The van der Waals surface area contributed by atoms with Crippen LogP contribution in [-0.4, -0.2) is 25.1 Å². The summed E-state index contributed by atoms with van der Waals surface area (Å²) in [5.74, 6) is 0. The molecule has 10 heteroatoms. The molecule has 0 radical (unpaired) electrons. The van der Waals surface area contributed by atoms with Crippen LogP contribution < -0.4 is 4.57 Å². The van der Waals surface area contributed by atoms with E-state index in [1.165, 1.54) is 5.69 Å². The Morgan fingerprint density at radius 2 is 1.70 bits per heavy atom. The van der Waals surface area contributed by atoms with Crippen molar-refractivity contribution in [3.63, 3.8) is 0 Å². The first-order chi connectivity index (χ1) is 14.3. The molecule has 0 aliphatic carbocycles. The van der Waals surface area contributed by atoms with E-state index in [-0.39, 0.29) is 0 Å². The van der Waals surface area contributed by atoms with Gasteiger partial charge in [-0.15, -0.1) is 0 Å². The van der Waals surface area contributed by atoms with Crippen LogP contribution in [0.4, 0.5) is 10.8 Å². The molecular weight excluding hydrogens is 424 g/mol. The SMILES string of the molecule is COS(=O)(=O)[O-].Cc1csc(N=Nc2c(-c3ccccc3)[nH]c3ccccc23)[n+]1C. The highest BCUT2D eigenvalue weighted by atomic mass is 32.3. The fourth-order valence-electron chi connectivity index (χ4n) is 2.68. The standard InChI is InChI=1S/C19H16N4S.CH4O4S/c1-13-12-24-19(23(13)2)22-21-18-15-10-6-7-11-16(15)20-17(18)14-8-4-3-5-9-14;1-5-6(2,3)4/h3-12H,1-2H3;1H3,(H,2,3,4). The van der Waals surface area contributed by atoms with Crippen molar-refractivity contribution in [3.05, 3.63) is 65.7 Å². The molecule has 0 fully saturated rings. The van der Waals surface area contributed by atoms with E-state index in [0.717, 1.165) is 40.1 Å². The van der Waals surface area contributed by atoms with Crippen molar-refractivity contribution in [2.75, 3.05) is 7.11 Å². The number of aryl methyl sites for hydroxylation is 1. The lowest BCUT2D eigenvalue weighted by Crippen LogP contribution is -2.28. The number of H-pyrrole nitrogens is 1. The smallest absolute Gasteiger partial charge is 0.408 e. The Balaban J connectivity index is 0.000000377. The van der Waals surface area contributed by atoms with Gasteiger partial charge in [0.1, 0.15) is 11.4 Å². The number of hydrogen-bond acceptors (Lipinski definition) is 7. The molecule has 0 bridgehead atoms. The van der Waals surface area contributed by atoms with Crippen molar-refractivity contribution in [1.29, 1.82) is 0 Å². The number of nitrogens with one attached hydrogen (secondary N) is 1. The van der Waals surface area contributed by atoms with Crippen LogP contribution in [0.3, 0.4) is 0 Å². The van der Waals surface area contributed by atoms with Crippen LogP contribution in [0, 0.1) is 6.92 Å². The molecule has 156 valence electrons. The van der Waals surface area contributed by atoms with Gasteiger partial charge in [-0.25, -0.2) is 13.0 Å². The second-order valence-electron chi connectivity index (χ2n) is 6.25. The minimum Gasteiger partial charge on any atom is -0.726 e. The average Bonchev–Trinajstić information content (AvgIpc) is 3.27. The van der Waals surface area contributed by atoms with Crippen LogP contribution in [0.25, 0.3) is 22.2 Å². The fraction of sp³-hybridized carbons (Fsp3) is 0.150. The lowest BCUT2D eigenvalue weighted by atomic mass is 10.1. The molecule has 8 nitrogen and oxygen atoms in total. The topological polar surface area (TPSA) is 111 Å². The van der Waals surface area contributed by atoms with Gasteiger partial charge in [0.25, 0.3) is 0 Å². The minimum atomic E-state index is -4.41. The van der Waals surface area contributed by atoms with Gasteiger partial charge in [-0.3, -0.25) is 4.18 Å². The second kappa shape index (κ2) is 9.26. The Hall–Kier alpha value is -2.92. The maximum atomic E-state index is 9.22. The Kier molecular flexibility index (Phi) is 6.73. The molecule has 4 rings (SSSR count). The molecule has 2 heterocycles. The van der Waals surface area contributed by atoms with Crippen LogP contribution in [0.15, 0.2) is 70.2 Å². The van der Waals surface area contributed by atoms with Gasteiger partial charge in [-0.2, -0.15) is 0 Å². The molecule has 0 saturated heterocycles. The molecule has 30 heavy (non-hydrogen) atoms. The zero-order valence-electron chi connectivity index (χ0n) is 16.6. The number of para-hydroxylation sites is 1. The summed E-state index contributed by atoms with van der Waals surface area (Å²) in [6.07, 6.45) is 0. The zero-order chi connectivity index (χ0) is 21.7. The minimum absolute atomic E-state index is 0.808. The van der Waals surface area contributed by atoms with Crippen molar-refractivity contribution in [2.24, 2.45) is 17.3 Å². The number of aromatic amines is 1. The maximum absolute atomic E-state index is 9.22. The van der Waals surface area contributed by atoms with Crippen molar-refractivity contribution < 1.29 is 21.7 Å². The van der Waals surface area contributed by atoms with Crippen molar-refractivity contribution >= 4 is 43.5 Å². The highest BCUT2D eigenvalue weighted by molar-refractivity contribution is 7.80. The molecule has 1 N–H and O–H groups in total. The summed E-state index contributed by atoms with van der Waals surface area (Å²) in [4.78, 5) is 3.48. The van der Waals surface area contributed by atoms with Crippen molar-refractivity contribution in [3.8, 4) is 11.3 Å². The highest BCUT2D eigenvalue weighted by Crippen LogP contribution is 2.38. The first-order valence-electron chi connectivity index (χ1n) is 8.83.